The van der Waals surface area contributed by atoms with Crippen LogP contribution in [0.1, 0.15) is 5.56 Å². The molecule has 0 bridgehead atoms. The lowest BCUT2D eigenvalue weighted by molar-refractivity contribution is 1.46. The van der Waals surface area contributed by atoms with Crippen LogP contribution in [0.2, 0.25) is 5.02 Å². The number of nitrogen functional groups attached to an aromatic ring is 1. The van der Waals surface area contributed by atoms with Crippen molar-refractivity contribution >= 4 is 29.1 Å². The number of anilines is 1. The van der Waals surface area contributed by atoms with Gasteiger partial charge in [0.25, 0.3) is 0 Å². The largest absolute Gasteiger partial charge is 0.398 e. The maximum absolute atomic E-state index is 5.95. The fourth-order valence-electron chi connectivity index (χ4n) is 1.38. The number of thioether (sulfide) groups is 1. The minimum atomic E-state index is 0.594. The first-order valence-corrected chi connectivity index (χ1v) is 6.84. The summed E-state index contributed by atoms with van der Waals surface area (Å²) < 4.78 is 0. The first kappa shape index (κ1) is 12.9. The lowest BCUT2D eigenvalue weighted by Gasteiger charge is -2.00. The molecule has 2 aromatic rings. The molecule has 0 saturated carbocycles. The Morgan fingerprint density at radius 1 is 1.11 bits per heavy atom. The second-order valence-corrected chi connectivity index (χ2v) is 5.10. The van der Waals surface area contributed by atoms with Gasteiger partial charge < -0.3 is 5.73 Å². The van der Waals surface area contributed by atoms with Crippen molar-refractivity contribution in [2.75, 3.05) is 11.5 Å². The van der Waals surface area contributed by atoms with E-state index in [1.807, 2.05) is 48.5 Å². The van der Waals surface area contributed by atoms with Crippen LogP contribution in [0, 0.1) is 11.8 Å². The maximum Gasteiger partial charge on any atom is 0.0646 e. The number of hydrogen-bond acceptors (Lipinski definition) is 2. The van der Waals surface area contributed by atoms with Gasteiger partial charge in [-0.2, -0.15) is 0 Å². The number of halogens is 1. The van der Waals surface area contributed by atoms with E-state index >= 15 is 0 Å². The predicted molar refractivity (Wildman–Crippen MR) is 79.9 cm³/mol. The highest BCUT2D eigenvalue weighted by Gasteiger charge is 1.97. The molecule has 0 aromatic heterocycles. The van der Waals surface area contributed by atoms with Crippen molar-refractivity contribution in [2.24, 2.45) is 0 Å². The third kappa shape index (κ3) is 3.73. The molecule has 0 radical (unpaired) electrons. The van der Waals surface area contributed by atoms with E-state index in [4.69, 9.17) is 17.3 Å². The molecular weight excluding hydrogens is 262 g/mol. The SMILES string of the molecule is Nc1ccc(SCC#Cc2ccccc2)cc1Cl. The van der Waals surface area contributed by atoms with E-state index in [-0.39, 0.29) is 0 Å². The molecule has 0 amide bonds. The van der Waals surface area contributed by atoms with Crippen LogP contribution < -0.4 is 5.73 Å². The van der Waals surface area contributed by atoms with Crippen LogP contribution in [0.3, 0.4) is 0 Å². The van der Waals surface area contributed by atoms with Crippen LogP contribution in [0.5, 0.6) is 0 Å². The summed E-state index contributed by atoms with van der Waals surface area (Å²) in [5.74, 6) is 6.97. The molecule has 0 aliphatic carbocycles. The van der Waals surface area contributed by atoms with Crippen molar-refractivity contribution in [3.8, 4) is 11.8 Å². The van der Waals surface area contributed by atoms with Crippen LogP contribution in [0.25, 0.3) is 0 Å². The van der Waals surface area contributed by atoms with Crippen molar-refractivity contribution < 1.29 is 0 Å². The quantitative estimate of drug-likeness (QED) is 0.507. The van der Waals surface area contributed by atoms with Gasteiger partial charge in [-0.3, -0.25) is 0 Å². The summed E-state index contributed by atoms with van der Waals surface area (Å²) in [5, 5.41) is 0.594. The number of nitrogens with two attached hydrogens (primary N) is 1. The Hall–Kier alpha value is -1.56. The van der Waals surface area contributed by atoms with Gasteiger partial charge in [-0.05, 0) is 30.3 Å². The highest BCUT2D eigenvalue weighted by molar-refractivity contribution is 7.99. The Labute approximate surface area is 116 Å². The van der Waals surface area contributed by atoms with Crippen molar-refractivity contribution in [1.82, 2.24) is 0 Å². The summed E-state index contributed by atoms with van der Waals surface area (Å²) in [7, 11) is 0. The third-order valence-corrected chi connectivity index (χ3v) is 3.49. The molecule has 2 rings (SSSR count). The van der Waals surface area contributed by atoms with Crippen molar-refractivity contribution in [1.29, 1.82) is 0 Å². The Morgan fingerprint density at radius 3 is 2.61 bits per heavy atom. The molecule has 0 aliphatic heterocycles. The molecule has 90 valence electrons. The second kappa shape index (κ2) is 6.39. The predicted octanol–water partition coefficient (Wildman–Crippen LogP) is 4.07. The van der Waals surface area contributed by atoms with E-state index in [2.05, 4.69) is 11.8 Å². The van der Waals surface area contributed by atoms with Crippen molar-refractivity contribution in [2.45, 2.75) is 4.90 Å². The molecule has 0 spiro atoms. The lowest BCUT2D eigenvalue weighted by atomic mass is 10.2. The Balaban J connectivity index is 1.93. The molecule has 0 saturated heterocycles. The molecule has 0 atom stereocenters. The second-order valence-electron chi connectivity index (χ2n) is 3.64. The minimum Gasteiger partial charge on any atom is -0.398 e. The van der Waals surface area contributed by atoms with Crippen molar-refractivity contribution in [3.63, 3.8) is 0 Å². The fourth-order valence-corrected chi connectivity index (χ4v) is 2.30. The van der Waals surface area contributed by atoms with E-state index in [1.54, 1.807) is 11.8 Å². The third-order valence-electron chi connectivity index (χ3n) is 2.29. The molecule has 0 unspecified atom stereocenters. The molecule has 0 aliphatic rings. The van der Waals surface area contributed by atoms with E-state index in [1.165, 1.54) is 0 Å². The summed E-state index contributed by atoms with van der Waals surface area (Å²) in [5.41, 5.74) is 7.29. The number of rotatable bonds is 2. The first-order chi connectivity index (χ1) is 8.75. The minimum absolute atomic E-state index is 0.594. The zero-order valence-corrected chi connectivity index (χ0v) is 11.3. The topological polar surface area (TPSA) is 26.0 Å². The summed E-state index contributed by atoms with van der Waals surface area (Å²) in [6.45, 7) is 0. The normalized spacial score (nSPS) is 9.61. The molecule has 1 nitrogen and oxygen atoms in total. The highest BCUT2D eigenvalue weighted by atomic mass is 35.5. The highest BCUT2D eigenvalue weighted by Crippen LogP contribution is 2.25. The van der Waals surface area contributed by atoms with E-state index in [0.717, 1.165) is 16.2 Å². The lowest BCUT2D eigenvalue weighted by Crippen LogP contribution is -1.85. The molecule has 2 aromatic carbocycles. The standard InChI is InChI=1S/C15H12ClNS/c16-14-11-13(8-9-15(14)17)18-10-4-7-12-5-2-1-3-6-12/h1-3,5-6,8-9,11H,10,17H2. The molecular formula is C15H12ClNS. The number of benzene rings is 2. The van der Waals surface area contributed by atoms with E-state index in [0.29, 0.717) is 10.7 Å². The van der Waals surface area contributed by atoms with Crippen LogP contribution in [-0.4, -0.2) is 5.75 Å². The van der Waals surface area contributed by atoms with Crippen LogP contribution in [0.4, 0.5) is 5.69 Å². The summed E-state index contributed by atoms with van der Waals surface area (Å²) in [4.78, 5) is 1.08. The average Bonchev–Trinajstić information content (AvgIpc) is 2.40. The Kier molecular flexibility index (Phi) is 4.58. The summed E-state index contributed by atoms with van der Waals surface area (Å²) in [6.07, 6.45) is 0. The molecule has 2 N–H and O–H groups in total. The van der Waals surface area contributed by atoms with Crippen LogP contribution in [-0.2, 0) is 0 Å². The van der Waals surface area contributed by atoms with Gasteiger partial charge in [0.2, 0.25) is 0 Å². The van der Waals surface area contributed by atoms with Gasteiger partial charge in [-0.15, -0.1) is 11.8 Å². The fraction of sp³-hybridized carbons (Fsp3) is 0.0667. The molecule has 18 heavy (non-hydrogen) atoms. The Morgan fingerprint density at radius 2 is 1.89 bits per heavy atom. The Bertz CT molecular complexity index is 584. The first-order valence-electron chi connectivity index (χ1n) is 5.47. The smallest absolute Gasteiger partial charge is 0.0646 e. The van der Waals surface area contributed by atoms with Gasteiger partial charge in [0, 0.05) is 10.5 Å². The maximum atomic E-state index is 5.95. The van der Waals surface area contributed by atoms with Crippen LogP contribution >= 0.6 is 23.4 Å². The van der Waals surface area contributed by atoms with Gasteiger partial charge in [-0.1, -0.05) is 41.6 Å². The average molecular weight is 274 g/mol. The number of hydrogen-bond donors (Lipinski definition) is 1. The van der Waals surface area contributed by atoms with E-state index < -0.39 is 0 Å². The summed E-state index contributed by atoms with van der Waals surface area (Å²) in [6, 6.07) is 15.6. The van der Waals surface area contributed by atoms with E-state index in [9.17, 15) is 0 Å². The monoisotopic (exact) mass is 273 g/mol. The van der Waals surface area contributed by atoms with Gasteiger partial charge in [0.15, 0.2) is 0 Å². The zero-order valence-electron chi connectivity index (χ0n) is 9.69. The van der Waals surface area contributed by atoms with Gasteiger partial charge >= 0.3 is 0 Å². The van der Waals surface area contributed by atoms with Crippen LogP contribution in [0.15, 0.2) is 53.4 Å². The van der Waals surface area contributed by atoms with Gasteiger partial charge in [-0.25, -0.2) is 0 Å². The summed E-state index contributed by atoms with van der Waals surface area (Å²) >= 11 is 7.60. The molecule has 3 heteroatoms. The van der Waals surface area contributed by atoms with Crippen molar-refractivity contribution in [3.05, 3.63) is 59.1 Å². The molecule has 0 heterocycles. The van der Waals surface area contributed by atoms with Gasteiger partial charge in [0.05, 0.1) is 16.5 Å². The van der Waals surface area contributed by atoms with Gasteiger partial charge in [0.1, 0.15) is 0 Å². The zero-order chi connectivity index (χ0) is 12.8. The molecule has 0 fully saturated rings.